The predicted molar refractivity (Wildman–Crippen MR) is 111 cm³/mol. The standard InChI is InChI=1S/C20H16N8O2/c21-11-13-26(14-12-22)20-18(28(29)30)19(23-15-24-20)25-27(16-7-3-1-4-8-16)17-9-5-2-6-10-17/h1-10,15H,13-14H2,(H,23,24,25). The topological polar surface area (TPSA) is 135 Å². The first-order valence-electron chi connectivity index (χ1n) is 8.80. The van der Waals surface area contributed by atoms with Crippen LogP contribution in [0.5, 0.6) is 0 Å². The normalized spacial score (nSPS) is 9.80. The first-order valence-corrected chi connectivity index (χ1v) is 8.80. The Hall–Kier alpha value is -4.70. The molecule has 1 aromatic heterocycles. The molecule has 148 valence electrons. The maximum atomic E-state index is 11.9. The highest BCUT2D eigenvalue weighted by Gasteiger charge is 2.28. The Labute approximate surface area is 172 Å². The number of nitro groups is 1. The van der Waals surface area contributed by atoms with E-state index in [9.17, 15) is 10.1 Å². The van der Waals surface area contributed by atoms with Gasteiger partial charge < -0.3 is 4.90 Å². The van der Waals surface area contributed by atoms with Crippen molar-refractivity contribution in [3.63, 3.8) is 0 Å². The van der Waals surface area contributed by atoms with E-state index >= 15 is 0 Å². The lowest BCUT2D eigenvalue weighted by atomic mass is 10.2. The molecule has 0 spiro atoms. The molecular weight excluding hydrogens is 384 g/mol. The third kappa shape index (κ3) is 4.40. The summed E-state index contributed by atoms with van der Waals surface area (Å²) in [4.78, 5) is 20.5. The number of hydrazine groups is 1. The summed E-state index contributed by atoms with van der Waals surface area (Å²) in [6.07, 6.45) is 1.15. The van der Waals surface area contributed by atoms with Crippen LogP contribution in [0.25, 0.3) is 0 Å². The quantitative estimate of drug-likeness (QED) is 0.343. The van der Waals surface area contributed by atoms with Gasteiger partial charge in [0.2, 0.25) is 11.6 Å². The molecule has 3 rings (SSSR count). The number of anilines is 4. The third-order valence-electron chi connectivity index (χ3n) is 4.05. The fraction of sp³-hybridized carbons (Fsp3) is 0.100. The summed E-state index contributed by atoms with van der Waals surface area (Å²) in [5, 5.41) is 31.6. The lowest BCUT2D eigenvalue weighted by molar-refractivity contribution is -0.383. The second-order valence-corrected chi connectivity index (χ2v) is 5.94. The SMILES string of the molecule is N#CCN(CC#N)c1ncnc(NN(c2ccccc2)c2ccccc2)c1[N+](=O)[O-]. The number of nitrogens with zero attached hydrogens (tertiary/aromatic N) is 7. The second-order valence-electron chi connectivity index (χ2n) is 5.94. The number of nitriles is 2. The van der Waals surface area contributed by atoms with E-state index in [0.717, 1.165) is 17.7 Å². The highest BCUT2D eigenvalue weighted by molar-refractivity contribution is 5.75. The second kappa shape index (κ2) is 9.48. The Balaban J connectivity index is 2.10. The van der Waals surface area contributed by atoms with E-state index in [4.69, 9.17) is 10.5 Å². The fourth-order valence-electron chi connectivity index (χ4n) is 2.77. The molecule has 10 nitrogen and oxygen atoms in total. The van der Waals surface area contributed by atoms with Crippen molar-refractivity contribution in [1.82, 2.24) is 9.97 Å². The molecule has 0 aliphatic heterocycles. The molecule has 30 heavy (non-hydrogen) atoms. The van der Waals surface area contributed by atoms with E-state index in [2.05, 4.69) is 15.4 Å². The summed E-state index contributed by atoms with van der Waals surface area (Å²) in [6.45, 7) is -0.460. The van der Waals surface area contributed by atoms with Crippen molar-refractivity contribution >= 4 is 28.7 Å². The van der Waals surface area contributed by atoms with Crippen molar-refractivity contribution in [2.75, 3.05) is 28.4 Å². The van der Waals surface area contributed by atoms with E-state index in [1.807, 2.05) is 72.8 Å². The number of rotatable bonds is 8. The highest BCUT2D eigenvalue weighted by atomic mass is 16.6. The number of benzene rings is 2. The average Bonchev–Trinajstić information content (AvgIpc) is 2.78. The number of nitrogens with one attached hydrogen (secondary N) is 1. The third-order valence-corrected chi connectivity index (χ3v) is 4.05. The Morgan fingerprint density at radius 1 is 0.933 bits per heavy atom. The van der Waals surface area contributed by atoms with Gasteiger partial charge in [-0.3, -0.25) is 20.5 Å². The summed E-state index contributed by atoms with van der Waals surface area (Å²) < 4.78 is 0. The lowest BCUT2D eigenvalue weighted by Crippen LogP contribution is -2.29. The van der Waals surface area contributed by atoms with E-state index < -0.39 is 10.6 Å². The molecule has 0 bridgehead atoms. The summed E-state index contributed by atoms with van der Waals surface area (Å²) in [5.74, 6) is -0.180. The van der Waals surface area contributed by atoms with Crippen molar-refractivity contribution in [1.29, 1.82) is 10.5 Å². The van der Waals surface area contributed by atoms with Gasteiger partial charge in [0.25, 0.3) is 0 Å². The summed E-state index contributed by atoms with van der Waals surface area (Å²) >= 11 is 0. The van der Waals surface area contributed by atoms with Crippen molar-refractivity contribution < 1.29 is 4.92 Å². The minimum absolute atomic E-state index is 0.0708. The van der Waals surface area contributed by atoms with Gasteiger partial charge in [0.1, 0.15) is 19.4 Å². The van der Waals surface area contributed by atoms with Crippen LogP contribution in [0.4, 0.5) is 28.7 Å². The number of hydrogen-bond donors (Lipinski definition) is 1. The zero-order valence-corrected chi connectivity index (χ0v) is 15.7. The van der Waals surface area contributed by atoms with Gasteiger partial charge in [-0.2, -0.15) is 10.5 Å². The Bertz CT molecular complexity index is 1040. The Morgan fingerprint density at radius 3 is 1.93 bits per heavy atom. The first-order chi connectivity index (χ1) is 14.7. The molecule has 0 aliphatic rings. The molecule has 0 aliphatic carbocycles. The molecular formula is C20H16N8O2. The number of hydrogen-bond acceptors (Lipinski definition) is 9. The fourth-order valence-corrected chi connectivity index (χ4v) is 2.77. The molecule has 10 heteroatoms. The van der Waals surface area contributed by atoms with Gasteiger partial charge in [-0.15, -0.1) is 0 Å². The number of para-hydroxylation sites is 2. The van der Waals surface area contributed by atoms with Gasteiger partial charge in [-0.25, -0.2) is 9.97 Å². The molecule has 1 N–H and O–H groups in total. The summed E-state index contributed by atoms with van der Waals surface area (Å²) in [6, 6.07) is 22.2. The zero-order valence-electron chi connectivity index (χ0n) is 15.7. The smallest absolute Gasteiger partial charge is 0.324 e. The molecule has 0 saturated heterocycles. The first kappa shape index (κ1) is 20.0. The van der Waals surface area contributed by atoms with E-state index in [1.165, 1.54) is 4.90 Å². The molecule has 1 heterocycles. The monoisotopic (exact) mass is 400 g/mol. The minimum atomic E-state index is -0.631. The van der Waals surface area contributed by atoms with Gasteiger partial charge >= 0.3 is 5.69 Å². The Kier molecular flexibility index (Phi) is 6.34. The Morgan fingerprint density at radius 2 is 1.47 bits per heavy atom. The largest absolute Gasteiger partial charge is 0.355 e. The van der Waals surface area contributed by atoms with Crippen molar-refractivity contribution in [3.8, 4) is 12.1 Å². The minimum Gasteiger partial charge on any atom is -0.324 e. The molecule has 0 saturated carbocycles. The molecule has 0 fully saturated rings. The average molecular weight is 400 g/mol. The molecule has 0 unspecified atom stereocenters. The van der Waals surface area contributed by atoms with E-state index in [0.29, 0.717) is 0 Å². The van der Waals surface area contributed by atoms with Crippen LogP contribution in [0.3, 0.4) is 0 Å². The lowest BCUT2D eigenvalue weighted by Gasteiger charge is -2.26. The maximum Gasteiger partial charge on any atom is 0.355 e. The predicted octanol–water partition coefficient (Wildman–Crippen LogP) is 3.40. The summed E-state index contributed by atoms with van der Waals surface area (Å²) in [7, 11) is 0. The molecule has 2 aromatic carbocycles. The van der Waals surface area contributed by atoms with Crippen LogP contribution in [0.1, 0.15) is 0 Å². The van der Waals surface area contributed by atoms with Crippen LogP contribution >= 0.6 is 0 Å². The zero-order chi connectivity index (χ0) is 21.3. The van der Waals surface area contributed by atoms with Crippen LogP contribution < -0.4 is 15.3 Å². The van der Waals surface area contributed by atoms with Crippen molar-refractivity contribution in [2.45, 2.75) is 0 Å². The van der Waals surface area contributed by atoms with Crippen LogP contribution in [0, 0.1) is 32.8 Å². The molecule has 0 atom stereocenters. The van der Waals surface area contributed by atoms with Gasteiger partial charge in [0.15, 0.2) is 0 Å². The maximum absolute atomic E-state index is 11.9. The van der Waals surface area contributed by atoms with Crippen LogP contribution in [-0.2, 0) is 0 Å². The van der Waals surface area contributed by atoms with Gasteiger partial charge in [-0.1, -0.05) is 36.4 Å². The van der Waals surface area contributed by atoms with Crippen LogP contribution in [0.15, 0.2) is 67.0 Å². The molecule has 0 radical (unpaired) electrons. The molecule has 3 aromatic rings. The van der Waals surface area contributed by atoms with Gasteiger partial charge in [-0.05, 0) is 24.3 Å². The van der Waals surface area contributed by atoms with Crippen LogP contribution in [0.2, 0.25) is 0 Å². The summed E-state index contributed by atoms with van der Waals surface area (Å²) in [5.41, 5.74) is 4.01. The van der Waals surface area contributed by atoms with Gasteiger partial charge in [0.05, 0.1) is 28.4 Å². The molecule has 0 amide bonds. The van der Waals surface area contributed by atoms with E-state index in [1.54, 1.807) is 5.01 Å². The van der Waals surface area contributed by atoms with Crippen LogP contribution in [-0.4, -0.2) is 28.0 Å². The highest BCUT2D eigenvalue weighted by Crippen LogP contribution is 2.34. The van der Waals surface area contributed by atoms with E-state index in [-0.39, 0.29) is 24.7 Å². The van der Waals surface area contributed by atoms with Gasteiger partial charge in [0, 0.05) is 0 Å². The van der Waals surface area contributed by atoms with Crippen molar-refractivity contribution in [3.05, 3.63) is 77.1 Å². The van der Waals surface area contributed by atoms with Crippen molar-refractivity contribution in [2.24, 2.45) is 0 Å². The number of aromatic nitrogens is 2.